The maximum absolute atomic E-state index is 15.4. The second-order valence-corrected chi connectivity index (χ2v) is 6.17. The summed E-state index contributed by atoms with van der Waals surface area (Å²) in [5.74, 6) is -0.954. The van der Waals surface area contributed by atoms with Crippen molar-refractivity contribution >= 4 is 10.9 Å². The zero-order valence-corrected chi connectivity index (χ0v) is 14.2. The molecule has 0 unspecified atom stereocenters. The number of hydrogen-bond donors (Lipinski definition) is 1. The van der Waals surface area contributed by atoms with Crippen LogP contribution in [0.3, 0.4) is 0 Å². The molecule has 130 valence electrons. The Hall–Kier alpha value is -3.05. The SMILES string of the molecule is Cc1nn(-c2cccc(CN)c2)c2c(F)c(-c3ccccc3F)ccc12. The molecule has 4 aromatic rings. The molecule has 2 N–H and O–H groups in total. The van der Waals surface area contributed by atoms with Crippen LogP contribution in [0, 0.1) is 18.6 Å². The van der Waals surface area contributed by atoms with E-state index in [4.69, 9.17) is 5.73 Å². The van der Waals surface area contributed by atoms with Gasteiger partial charge in [0, 0.05) is 23.1 Å². The van der Waals surface area contributed by atoms with Gasteiger partial charge in [-0.25, -0.2) is 13.5 Å². The van der Waals surface area contributed by atoms with Gasteiger partial charge < -0.3 is 5.73 Å². The maximum atomic E-state index is 15.4. The Bertz CT molecular complexity index is 1120. The van der Waals surface area contributed by atoms with E-state index in [2.05, 4.69) is 5.10 Å². The third-order valence-corrected chi connectivity index (χ3v) is 4.52. The molecule has 3 aromatic carbocycles. The Labute approximate surface area is 149 Å². The van der Waals surface area contributed by atoms with E-state index in [1.165, 1.54) is 6.07 Å². The lowest BCUT2D eigenvalue weighted by molar-refractivity contribution is 0.618. The molecule has 0 aliphatic carbocycles. The van der Waals surface area contributed by atoms with Crippen LogP contribution >= 0.6 is 0 Å². The third kappa shape index (κ3) is 2.57. The number of hydrogen-bond acceptors (Lipinski definition) is 2. The molecule has 0 spiro atoms. The highest BCUT2D eigenvalue weighted by molar-refractivity contribution is 5.88. The van der Waals surface area contributed by atoms with Crippen molar-refractivity contribution < 1.29 is 8.78 Å². The highest BCUT2D eigenvalue weighted by Crippen LogP contribution is 2.33. The van der Waals surface area contributed by atoms with Gasteiger partial charge in [-0.2, -0.15) is 5.10 Å². The van der Waals surface area contributed by atoms with Crippen LogP contribution in [0.5, 0.6) is 0 Å². The Balaban J connectivity index is 2.01. The van der Waals surface area contributed by atoms with Gasteiger partial charge in [-0.05, 0) is 30.7 Å². The summed E-state index contributed by atoms with van der Waals surface area (Å²) in [4.78, 5) is 0. The fourth-order valence-corrected chi connectivity index (χ4v) is 3.21. The van der Waals surface area contributed by atoms with Gasteiger partial charge in [-0.1, -0.05) is 42.5 Å². The van der Waals surface area contributed by atoms with Crippen LogP contribution in [0.4, 0.5) is 8.78 Å². The zero-order chi connectivity index (χ0) is 18.3. The van der Waals surface area contributed by atoms with Crippen LogP contribution in [0.15, 0.2) is 60.7 Å². The predicted octanol–water partition coefficient (Wildman–Crippen LogP) is 4.74. The average molecular weight is 349 g/mol. The number of aryl methyl sites for hydroxylation is 1. The minimum atomic E-state index is -0.494. The molecule has 5 heteroatoms. The molecule has 1 aromatic heterocycles. The molecular formula is C21H17F2N3. The van der Waals surface area contributed by atoms with Gasteiger partial charge in [0.05, 0.1) is 11.4 Å². The fraction of sp³-hybridized carbons (Fsp3) is 0.0952. The summed E-state index contributed by atoms with van der Waals surface area (Å²) in [6.45, 7) is 2.21. The van der Waals surface area contributed by atoms with Crippen molar-refractivity contribution in [3.05, 3.63) is 83.6 Å². The van der Waals surface area contributed by atoms with E-state index in [9.17, 15) is 4.39 Å². The summed E-state index contributed by atoms with van der Waals surface area (Å²) in [5.41, 5.74) is 8.84. The van der Waals surface area contributed by atoms with Crippen molar-refractivity contribution in [3.63, 3.8) is 0 Å². The number of fused-ring (bicyclic) bond motifs is 1. The zero-order valence-electron chi connectivity index (χ0n) is 14.2. The first kappa shape index (κ1) is 16.4. The quantitative estimate of drug-likeness (QED) is 0.581. The second kappa shape index (κ2) is 6.35. The second-order valence-electron chi connectivity index (χ2n) is 6.17. The molecule has 26 heavy (non-hydrogen) atoms. The number of halogens is 2. The van der Waals surface area contributed by atoms with Crippen LogP contribution in [-0.4, -0.2) is 9.78 Å². The van der Waals surface area contributed by atoms with Crippen LogP contribution in [0.1, 0.15) is 11.3 Å². The fourth-order valence-electron chi connectivity index (χ4n) is 3.21. The van der Waals surface area contributed by atoms with Crippen molar-refractivity contribution in [3.8, 4) is 16.8 Å². The molecule has 0 aliphatic rings. The van der Waals surface area contributed by atoms with Crippen molar-refractivity contribution in [1.29, 1.82) is 0 Å². The van der Waals surface area contributed by atoms with Gasteiger partial charge in [0.25, 0.3) is 0 Å². The average Bonchev–Trinajstić information content (AvgIpc) is 3.00. The number of aromatic nitrogens is 2. The molecule has 0 saturated carbocycles. The number of nitrogens with zero attached hydrogens (tertiary/aromatic N) is 2. The monoisotopic (exact) mass is 349 g/mol. The topological polar surface area (TPSA) is 43.8 Å². The standard InChI is InChI=1S/C21H17F2N3/c1-13-16-9-10-18(17-7-2-3-8-19(17)22)20(23)21(16)26(25-13)15-6-4-5-14(11-15)12-24/h2-11H,12,24H2,1H3. The highest BCUT2D eigenvalue weighted by Gasteiger charge is 2.19. The molecular weight excluding hydrogens is 332 g/mol. The van der Waals surface area contributed by atoms with Crippen molar-refractivity contribution in [2.24, 2.45) is 5.73 Å². The Morgan fingerprint density at radius 1 is 0.962 bits per heavy atom. The largest absolute Gasteiger partial charge is 0.326 e. The summed E-state index contributed by atoms with van der Waals surface area (Å²) < 4.78 is 31.2. The Morgan fingerprint density at radius 2 is 1.77 bits per heavy atom. The molecule has 3 nitrogen and oxygen atoms in total. The maximum Gasteiger partial charge on any atom is 0.157 e. The molecule has 0 radical (unpaired) electrons. The van der Waals surface area contributed by atoms with Crippen molar-refractivity contribution in [2.45, 2.75) is 13.5 Å². The molecule has 4 rings (SSSR count). The summed E-state index contributed by atoms with van der Waals surface area (Å²) in [6, 6.07) is 17.0. The lowest BCUT2D eigenvalue weighted by Gasteiger charge is -2.09. The normalized spacial score (nSPS) is 11.2. The van der Waals surface area contributed by atoms with Gasteiger partial charge in [0.15, 0.2) is 5.82 Å². The van der Waals surface area contributed by atoms with Crippen LogP contribution in [0.2, 0.25) is 0 Å². The van der Waals surface area contributed by atoms with Gasteiger partial charge in [-0.3, -0.25) is 0 Å². The molecule has 0 bridgehead atoms. The predicted molar refractivity (Wildman–Crippen MR) is 99.1 cm³/mol. The number of nitrogens with two attached hydrogens (primary N) is 1. The smallest absolute Gasteiger partial charge is 0.157 e. The first-order valence-corrected chi connectivity index (χ1v) is 8.32. The Kier molecular flexibility index (Phi) is 4.01. The molecule has 0 aliphatic heterocycles. The van der Waals surface area contributed by atoms with E-state index in [-0.39, 0.29) is 11.1 Å². The summed E-state index contributed by atoms with van der Waals surface area (Å²) in [5, 5.41) is 5.19. The molecule has 0 amide bonds. The minimum Gasteiger partial charge on any atom is -0.326 e. The first-order valence-electron chi connectivity index (χ1n) is 8.32. The van der Waals surface area contributed by atoms with Gasteiger partial charge in [-0.15, -0.1) is 0 Å². The van der Waals surface area contributed by atoms with Crippen LogP contribution < -0.4 is 5.73 Å². The van der Waals surface area contributed by atoms with Crippen LogP contribution in [-0.2, 0) is 6.54 Å². The van der Waals surface area contributed by atoms with Crippen LogP contribution in [0.25, 0.3) is 27.7 Å². The lowest BCUT2D eigenvalue weighted by atomic mass is 10.0. The lowest BCUT2D eigenvalue weighted by Crippen LogP contribution is -2.02. The summed E-state index contributed by atoms with van der Waals surface area (Å²) in [6.07, 6.45) is 0. The third-order valence-electron chi connectivity index (χ3n) is 4.52. The van der Waals surface area contributed by atoms with E-state index < -0.39 is 11.6 Å². The van der Waals surface area contributed by atoms with Gasteiger partial charge in [0.1, 0.15) is 11.3 Å². The molecule has 0 fully saturated rings. The first-order chi connectivity index (χ1) is 12.6. The van der Waals surface area contributed by atoms with Gasteiger partial charge >= 0.3 is 0 Å². The van der Waals surface area contributed by atoms with E-state index in [0.717, 1.165) is 11.3 Å². The highest BCUT2D eigenvalue weighted by atomic mass is 19.1. The molecule has 1 heterocycles. The summed E-state index contributed by atoms with van der Waals surface area (Å²) in [7, 11) is 0. The van der Waals surface area contributed by atoms with E-state index in [1.807, 2.05) is 31.2 Å². The number of benzene rings is 3. The molecule has 0 atom stereocenters. The summed E-state index contributed by atoms with van der Waals surface area (Å²) >= 11 is 0. The van der Waals surface area contributed by atoms with E-state index in [1.54, 1.807) is 35.0 Å². The Morgan fingerprint density at radius 3 is 2.54 bits per heavy atom. The van der Waals surface area contributed by atoms with Crippen molar-refractivity contribution in [1.82, 2.24) is 9.78 Å². The number of rotatable bonds is 3. The molecule has 0 saturated heterocycles. The minimum absolute atomic E-state index is 0.215. The van der Waals surface area contributed by atoms with E-state index in [0.29, 0.717) is 23.1 Å². The van der Waals surface area contributed by atoms with Crippen molar-refractivity contribution in [2.75, 3.05) is 0 Å². The van der Waals surface area contributed by atoms with Gasteiger partial charge in [0.2, 0.25) is 0 Å². The van der Waals surface area contributed by atoms with E-state index >= 15 is 4.39 Å².